The van der Waals surface area contributed by atoms with E-state index in [4.69, 9.17) is 0 Å². The summed E-state index contributed by atoms with van der Waals surface area (Å²) in [5.41, 5.74) is 3.77. The Bertz CT molecular complexity index is 341. The topological polar surface area (TPSA) is 24.9 Å². The summed E-state index contributed by atoms with van der Waals surface area (Å²) in [4.78, 5) is 5.71. The number of aromatic nitrogens is 1. The maximum absolute atomic E-state index is 4.31. The van der Waals surface area contributed by atoms with Crippen LogP contribution in [0.1, 0.15) is 56.1 Å². The Morgan fingerprint density at radius 1 is 1.56 bits per heavy atom. The first-order valence-corrected chi connectivity index (χ1v) is 7.18. The van der Waals surface area contributed by atoms with Crippen LogP contribution < -0.4 is 5.32 Å². The van der Waals surface area contributed by atoms with E-state index in [9.17, 15) is 0 Å². The molecule has 1 N–H and O–H groups in total. The zero-order valence-corrected chi connectivity index (χ0v) is 11.4. The Balaban J connectivity index is 1.84. The van der Waals surface area contributed by atoms with Crippen molar-refractivity contribution >= 4 is 11.3 Å². The van der Waals surface area contributed by atoms with E-state index in [1.807, 2.05) is 5.51 Å². The summed E-state index contributed by atoms with van der Waals surface area (Å²) in [7, 11) is 0. The molecular formula is C13H22N2S. The highest BCUT2D eigenvalue weighted by atomic mass is 32.1. The van der Waals surface area contributed by atoms with Gasteiger partial charge in [-0.1, -0.05) is 13.3 Å². The molecule has 0 radical (unpaired) electrons. The minimum absolute atomic E-state index is 0.460. The fourth-order valence-corrected chi connectivity index (χ4v) is 3.25. The Kier molecular flexibility index (Phi) is 3.65. The van der Waals surface area contributed by atoms with Gasteiger partial charge in [0.25, 0.3) is 0 Å². The lowest BCUT2D eigenvalue weighted by Gasteiger charge is -2.19. The quantitative estimate of drug-likeness (QED) is 0.817. The summed E-state index contributed by atoms with van der Waals surface area (Å²) in [6.45, 7) is 7.82. The van der Waals surface area contributed by atoms with Crippen molar-refractivity contribution in [3.05, 3.63) is 16.1 Å². The van der Waals surface area contributed by atoms with Crippen LogP contribution in [0.25, 0.3) is 0 Å². The summed E-state index contributed by atoms with van der Waals surface area (Å²) in [6, 6.07) is 0.460. The molecule has 2 nitrogen and oxygen atoms in total. The van der Waals surface area contributed by atoms with Crippen molar-refractivity contribution in [2.75, 3.05) is 6.54 Å². The van der Waals surface area contributed by atoms with Gasteiger partial charge in [-0.25, -0.2) is 4.98 Å². The van der Waals surface area contributed by atoms with Gasteiger partial charge in [0.1, 0.15) is 0 Å². The van der Waals surface area contributed by atoms with Crippen LogP contribution in [-0.2, 0) is 0 Å². The second kappa shape index (κ2) is 4.84. The van der Waals surface area contributed by atoms with E-state index in [0.717, 1.165) is 0 Å². The highest BCUT2D eigenvalue weighted by Gasteiger charge is 2.41. The number of aryl methyl sites for hydroxylation is 1. The zero-order chi connectivity index (χ0) is 11.6. The third kappa shape index (κ3) is 2.64. The predicted molar refractivity (Wildman–Crippen MR) is 69.8 cm³/mol. The summed E-state index contributed by atoms with van der Waals surface area (Å²) in [5.74, 6) is 0. The number of rotatable bonds is 6. The highest BCUT2D eigenvalue weighted by Crippen LogP contribution is 2.49. The van der Waals surface area contributed by atoms with E-state index in [1.54, 1.807) is 11.3 Å². The monoisotopic (exact) mass is 238 g/mol. The normalized spacial score (nSPS) is 19.7. The van der Waals surface area contributed by atoms with Crippen LogP contribution in [0, 0.1) is 12.3 Å². The Hall–Kier alpha value is -0.410. The number of hydrogen-bond donors (Lipinski definition) is 1. The molecule has 1 atom stereocenters. The van der Waals surface area contributed by atoms with E-state index in [2.05, 4.69) is 31.1 Å². The van der Waals surface area contributed by atoms with E-state index in [0.29, 0.717) is 11.5 Å². The maximum atomic E-state index is 4.31. The molecule has 1 aromatic heterocycles. The van der Waals surface area contributed by atoms with E-state index >= 15 is 0 Å². The summed E-state index contributed by atoms with van der Waals surface area (Å²) in [6.07, 6.45) is 5.54. The first kappa shape index (κ1) is 12.1. The molecule has 1 aliphatic carbocycles. The van der Waals surface area contributed by atoms with E-state index in [1.165, 1.54) is 42.8 Å². The van der Waals surface area contributed by atoms with Gasteiger partial charge in [-0.2, -0.15) is 0 Å². The van der Waals surface area contributed by atoms with Crippen LogP contribution in [0.2, 0.25) is 0 Å². The van der Waals surface area contributed by atoms with Crippen LogP contribution in [-0.4, -0.2) is 11.5 Å². The molecule has 0 saturated heterocycles. The minimum Gasteiger partial charge on any atom is -0.309 e. The second-order valence-corrected chi connectivity index (χ2v) is 6.04. The molecule has 0 spiro atoms. The molecule has 0 aliphatic heterocycles. The molecule has 0 aromatic carbocycles. The van der Waals surface area contributed by atoms with E-state index < -0.39 is 0 Å². The second-order valence-electron chi connectivity index (χ2n) is 5.15. The SMILES string of the molecule is CCCC1(CNC(C)c2scnc2C)CC1. The van der Waals surface area contributed by atoms with Crippen molar-refractivity contribution in [2.45, 2.75) is 52.5 Å². The molecule has 0 amide bonds. The highest BCUT2D eigenvalue weighted by molar-refractivity contribution is 7.09. The third-order valence-corrected chi connectivity index (χ3v) is 4.81. The summed E-state index contributed by atoms with van der Waals surface area (Å²) in [5, 5.41) is 3.68. The number of nitrogens with zero attached hydrogens (tertiary/aromatic N) is 1. The average Bonchev–Trinajstić information content (AvgIpc) is 2.89. The molecule has 1 aliphatic rings. The summed E-state index contributed by atoms with van der Waals surface area (Å²) >= 11 is 1.77. The van der Waals surface area contributed by atoms with Crippen molar-refractivity contribution in [3.8, 4) is 0 Å². The lowest BCUT2D eigenvalue weighted by atomic mass is 10.0. The van der Waals surface area contributed by atoms with Gasteiger partial charge in [0.05, 0.1) is 11.2 Å². The van der Waals surface area contributed by atoms with Crippen LogP contribution in [0.15, 0.2) is 5.51 Å². The van der Waals surface area contributed by atoms with Crippen molar-refractivity contribution in [1.82, 2.24) is 10.3 Å². The van der Waals surface area contributed by atoms with Crippen LogP contribution in [0.4, 0.5) is 0 Å². The molecule has 1 heterocycles. The largest absolute Gasteiger partial charge is 0.309 e. The van der Waals surface area contributed by atoms with Gasteiger partial charge >= 0.3 is 0 Å². The Morgan fingerprint density at radius 3 is 2.81 bits per heavy atom. The Labute approximate surface area is 102 Å². The fraction of sp³-hybridized carbons (Fsp3) is 0.769. The summed E-state index contributed by atoms with van der Waals surface area (Å²) < 4.78 is 0. The third-order valence-electron chi connectivity index (χ3n) is 3.70. The predicted octanol–water partition coefficient (Wildman–Crippen LogP) is 3.68. The van der Waals surface area contributed by atoms with E-state index in [-0.39, 0.29) is 0 Å². The fourth-order valence-electron chi connectivity index (χ4n) is 2.41. The van der Waals surface area contributed by atoms with Crippen LogP contribution in [0.5, 0.6) is 0 Å². The average molecular weight is 238 g/mol. The molecule has 2 rings (SSSR count). The van der Waals surface area contributed by atoms with Gasteiger partial charge in [-0.3, -0.25) is 0 Å². The molecule has 1 aromatic rings. The molecule has 0 bridgehead atoms. The van der Waals surface area contributed by atoms with Crippen molar-refractivity contribution < 1.29 is 0 Å². The van der Waals surface area contributed by atoms with Crippen molar-refractivity contribution in [1.29, 1.82) is 0 Å². The van der Waals surface area contributed by atoms with Gasteiger partial charge in [-0.15, -0.1) is 11.3 Å². The first-order valence-electron chi connectivity index (χ1n) is 6.30. The molecule has 16 heavy (non-hydrogen) atoms. The first-order chi connectivity index (χ1) is 7.67. The van der Waals surface area contributed by atoms with Gasteiger partial charge < -0.3 is 5.32 Å². The number of thiazole rings is 1. The maximum Gasteiger partial charge on any atom is 0.0798 e. The molecule has 1 saturated carbocycles. The smallest absolute Gasteiger partial charge is 0.0798 e. The zero-order valence-electron chi connectivity index (χ0n) is 10.5. The standard InChI is InChI=1S/C13H22N2S/c1-4-5-13(6-7-13)8-14-10(2)12-11(3)15-9-16-12/h9-10,14H,4-8H2,1-3H3. The minimum atomic E-state index is 0.460. The van der Waals surface area contributed by atoms with Crippen molar-refractivity contribution in [3.63, 3.8) is 0 Å². The Morgan fingerprint density at radius 2 is 2.31 bits per heavy atom. The molecule has 90 valence electrons. The molecule has 1 unspecified atom stereocenters. The van der Waals surface area contributed by atoms with Gasteiger partial charge in [0.2, 0.25) is 0 Å². The lowest BCUT2D eigenvalue weighted by molar-refractivity contribution is 0.398. The number of hydrogen-bond acceptors (Lipinski definition) is 3. The molecular weight excluding hydrogens is 216 g/mol. The molecule has 1 fully saturated rings. The van der Waals surface area contributed by atoms with Crippen LogP contribution >= 0.6 is 11.3 Å². The molecule has 3 heteroatoms. The van der Waals surface area contributed by atoms with Gasteiger partial charge in [0.15, 0.2) is 0 Å². The van der Waals surface area contributed by atoms with Crippen molar-refractivity contribution in [2.24, 2.45) is 5.41 Å². The van der Waals surface area contributed by atoms with Gasteiger partial charge in [0, 0.05) is 17.5 Å². The van der Waals surface area contributed by atoms with Gasteiger partial charge in [-0.05, 0) is 38.5 Å². The number of nitrogens with one attached hydrogen (secondary N) is 1. The van der Waals surface area contributed by atoms with Crippen LogP contribution in [0.3, 0.4) is 0 Å². The lowest BCUT2D eigenvalue weighted by Crippen LogP contribution is -2.26.